The van der Waals surface area contributed by atoms with Gasteiger partial charge in [0.1, 0.15) is 23.7 Å². The number of carbonyl (C=O) groups is 4. The highest BCUT2D eigenvalue weighted by molar-refractivity contribution is 5.88. The van der Waals surface area contributed by atoms with Gasteiger partial charge >= 0.3 is 12.2 Å². The molecule has 6 heterocycles. The number of aromatic nitrogens is 4. The van der Waals surface area contributed by atoms with Gasteiger partial charge in [-0.3, -0.25) is 9.59 Å². The van der Waals surface area contributed by atoms with Crippen LogP contribution in [0.3, 0.4) is 0 Å². The minimum atomic E-state index is -0.710. The van der Waals surface area contributed by atoms with Crippen molar-refractivity contribution in [3.8, 4) is 34.0 Å². The average Bonchev–Trinajstić information content (AvgIpc) is 4.08. The number of anilines is 2. The first-order chi connectivity index (χ1) is 28.4. The van der Waals surface area contributed by atoms with Crippen LogP contribution in [0.2, 0.25) is 0 Å². The third-order valence-corrected chi connectivity index (χ3v) is 12.0. The summed E-state index contributed by atoms with van der Waals surface area (Å²) in [5.74, 6) is 2.34. The first-order valence-corrected chi connectivity index (χ1v) is 20.6. The van der Waals surface area contributed by atoms with Crippen LogP contribution in [0.5, 0.6) is 11.5 Å². The first-order valence-electron chi connectivity index (χ1n) is 20.6. The Hall–Kier alpha value is -6.06. The molecule has 16 heteroatoms. The van der Waals surface area contributed by atoms with E-state index in [1.807, 2.05) is 44.9 Å². The molecule has 0 unspecified atom stereocenters. The van der Waals surface area contributed by atoms with Crippen LogP contribution in [-0.2, 0) is 25.5 Å². The van der Waals surface area contributed by atoms with Crippen LogP contribution in [-0.4, -0.2) is 99.7 Å². The lowest BCUT2D eigenvalue weighted by Gasteiger charge is -2.37. The van der Waals surface area contributed by atoms with E-state index in [-0.39, 0.29) is 35.7 Å². The van der Waals surface area contributed by atoms with Crippen molar-refractivity contribution in [2.24, 2.45) is 11.8 Å². The lowest BCUT2D eigenvalue weighted by Crippen LogP contribution is -2.51. The maximum Gasteiger partial charge on any atom is 0.407 e. The Bertz CT molecular complexity index is 2250. The minimum Gasteiger partial charge on any atom is -0.453 e. The van der Waals surface area contributed by atoms with Gasteiger partial charge in [0.2, 0.25) is 11.8 Å². The van der Waals surface area contributed by atoms with E-state index >= 15 is 0 Å². The van der Waals surface area contributed by atoms with Crippen molar-refractivity contribution in [2.45, 2.75) is 90.4 Å². The number of hydrogen-bond donors (Lipinski definition) is 4. The topological polar surface area (TPSA) is 187 Å². The van der Waals surface area contributed by atoms with Crippen LogP contribution in [0.15, 0.2) is 42.7 Å². The van der Waals surface area contributed by atoms with Gasteiger partial charge in [-0.05, 0) is 80.2 Å². The number of nitrogens with zero attached hydrogens (tertiary/aromatic N) is 5. The molecule has 0 spiro atoms. The molecule has 4 aliphatic rings. The fourth-order valence-electron chi connectivity index (χ4n) is 8.97. The molecule has 2 aromatic carbocycles. The molecule has 2 saturated heterocycles. The predicted molar refractivity (Wildman–Crippen MR) is 219 cm³/mol. The number of carbonyl (C=O) groups excluding carboxylic acids is 4. The number of nitrogens with one attached hydrogen (secondary N) is 4. The predicted octanol–water partition coefficient (Wildman–Crippen LogP) is 6.75. The van der Waals surface area contributed by atoms with E-state index in [0.717, 1.165) is 90.5 Å². The summed E-state index contributed by atoms with van der Waals surface area (Å²) in [6, 6.07) is 8.54. The van der Waals surface area contributed by atoms with E-state index in [2.05, 4.69) is 49.8 Å². The zero-order chi connectivity index (χ0) is 41.5. The Balaban J connectivity index is 1.02. The number of H-pyrrole nitrogens is 2. The van der Waals surface area contributed by atoms with Crippen molar-refractivity contribution in [3.05, 3.63) is 59.9 Å². The molecule has 2 fully saturated rings. The molecule has 2 aromatic heterocycles. The number of aryl methyl sites for hydroxylation is 1. The molecule has 312 valence electrons. The van der Waals surface area contributed by atoms with Gasteiger partial charge in [0.05, 0.1) is 61.5 Å². The maximum absolute atomic E-state index is 13.7. The largest absolute Gasteiger partial charge is 0.453 e. The van der Waals surface area contributed by atoms with Gasteiger partial charge in [-0.15, -0.1) is 0 Å². The summed E-state index contributed by atoms with van der Waals surface area (Å²) < 4.78 is 16.3. The highest BCUT2D eigenvalue weighted by atomic mass is 16.5. The Morgan fingerprint density at radius 3 is 1.81 bits per heavy atom. The van der Waals surface area contributed by atoms with E-state index in [1.165, 1.54) is 19.8 Å². The summed E-state index contributed by atoms with van der Waals surface area (Å²) in [6.45, 7) is 9.62. The summed E-state index contributed by atoms with van der Waals surface area (Å²) in [7, 11) is 2.58. The molecule has 4 N–H and O–H groups in total. The van der Waals surface area contributed by atoms with Gasteiger partial charge < -0.3 is 49.5 Å². The van der Waals surface area contributed by atoms with E-state index in [1.54, 1.807) is 11.1 Å². The van der Waals surface area contributed by atoms with Crippen molar-refractivity contribution in [1.82, 2.24) is 40.4 Å². The van der Waals surface area contributed by atoms with Gasteiger partial charge in [-0.1, -0.05) is 33.8 Å². The second-order valence-electron chi connectivity index (χ2n) is 16.5. The van der Waals surface area contributed by atoms with E-state index < -0.39 is 24.3 Å². The molecule has 4 aliphatic heterocycles. The highest BCUT2D eigenvalue weighted by Gasteiger charge is 2.39. The lowest BCUT2D eigenvalue weighted by molar-refractivity contribution is -0.136. The van der Waals surface area contributed by atoms with Crippen LogP contribution in [0, 0.1) is 11.8 Å². The van der Waals surface area contributed by atoms with Gasteiger partial charge in [0.25, 0.3) is 0 Å². The Morgan fingerprint density at radius 1 is 0.729 bits per heavy atom. The molecule has 4 amide bonds. The second kappa shape index (κ2) is 16.3. The maximum atomic E-state index is 13.7. The number of alkyl carbamates (subject to hydrolysis) is 2. The Labute approximate surface area is 343 Å². The van der Waals surface area contributed by atoms with Crippen LogP contribution in [0.1, 0.15) is 89.1 Å². The molecule has 16 nitrogen and oxygen atoms in total. The van der Waals surface area contributed by atoms with E-state index in [4.69, 9.17) is 24.2 Å². The number of benzene rings is 2. The summed E-state index contributed by atoms with van der Waals surface area (Å²) in [5.41, 5.74) is 6.74. The molecule has 59 heavy (non-hydrogen) atoms. The van der Waals surface area contributed by atoms with Gasteiger partial charge in [-0.2, -0.15) is 0 Å². The summed E-state index contributed by atoms with van der Waals surface area (Å²) in [6.07, 6.45) is 7.42. The zero-order valence-corrected chi connectivity index (χ0v) is 34.5. The van der Waals surface area contributed by atoms with Crippen molar-refractivity contribution < 1.29 is 33.4 Å². The number of amides is 4. The lowest BCUT2D eigenvalue weighted by atomic mass is 9.95. The number of fused-ring (bicyclic) bond motifs is 2. The van der Waals surface area contributed by atoms with Crippen LogP contribution in [0.4, 0.5) is 21.0 Å². The Morgan fingerprint density at radius 2 is 1.27 bits per heavy atom. The van der Waals surface area contributed by atoms with Crippen molar-refractivity contribution in [2.75, 3.05) is 38.8 Å². The fraction of sp³-hybridized carbons (Fsp3) is 0.488. The van der Waals surface area contributed by atoms with Crippen molar-refractivity contribution >= 4 is 35.4 Å². The van der Waals surface area contributed by atoms with Crippen LogP contribution >= 0.6 is 0 Å². The molecular formula is C43H53N9O7. The number of rotatable bonds is 10. The quantitative estimate of drug-likeness (QED) is 0.134. The molecule has 4 atom stereocenters. The summed E-state index contributed by atoms with van der Waals surface area (Å²) in [4.78, 5) is 74.0. The van der Waals surface area contributed by atoms with Gasteiger partial charge in [0.15, 0.2) is 11.5 Å². The first kappa shape index (κ1) is 39.8. The number of hydrogen-bond acceptors (Lipinski definition) is 10. The third-order valence-electron chi connectivity index (χ3n) is 12.0. The molecular weight excluding hydrogens is 755 g/mol. The molecule has 0 aliphatic carbocycles. The SMILES string of the molecule is COC(=O)N[C@H](C(=O)N1CCC[C@H]1c1ncc(-c2ccc3c(c2)Oc2cc(-c4cnc([C@@H]5CCCN5C(=O)[C@@H](NC(=O)OC)C(C)C)[nH]4)cc4c2N3CCC4)[nH]1)C(C)C. The molecule has 0 bridgehead atoms. The highest BCUT2D eigenvalue weighted by Crippen LogP contribution is 2.52. The molecule has 4 aromatic rings. The minimum absolute atomic E-state index is 0.123. The standard InChI is InChI=1S/C43H53N9O7/c1-23(2)35(48-42(55)57-5)40(53)51-16-8-11-31(51)38-44-21-28(46-38)25-13-14-30-33(19-25)59-34-20-27(18-26-10-7-15-50(30)37(26)34)29-22-45-39(47-29)32-12-9-17-52(32)41(54)36(24(3)4)49-43(56)58-6/h13-14,18-24,31-32,35-36H,7-12,15-17H2,1-6H3,(H,44,46)(H,45,47)(H,48,55)(H,49,56)/t31-,32-,35-,36-/m0/s1. The van der Waals surface area contributed by atoms with Gasteiger partial charge in [0, 0.05) is 30.8 Å². The number of methoxy groups -OCH3 is 2. The third kappa shape index (κ3) is 7.56. The van der Waals surface area contributed by atoms with Crippen molar-refractivity contribution in [3.63, 3.8) is 0 Å². The summed E-state index contributed by atoms with van der Waals surface area (Å²) in [5, 5.41) is 5.42. The smallest absolute Gasteiger partial charge is 0.407 e. The van der Waals surface area contributed by atoms with Crippen LogP contribution < -0.4 is 20.3 Å². The van der Waals surface area contributed by atoms with E-state index in [0.29, 0.717) is 24.7 Å². The summed E-state index contributed by atoms with van der Waals surface area (Å²) >= 11 is 0. The van der Waals surface area contributed by atoms with Crippen LogP contribution in [0.25, 0.3) is 22.5 Å². The second-order valence-corrected chi connectivity index (χ2v) is 16.5. The molecule has 0 saturated carbocycles. The number of likely N-dealkylation sites (tertiary alicyclic amines) is 2. The normalized spacial score (nSPS) is 19.2. The number of aromatic amines is 2. The average molecular weight is 808 g/mol. The van der Waals surface area contributed by atoms with Crippen molar-refractivity contribution in [1.29, 1.82) is 0 Å². The monoisotopic (exact) mass is 807 g/mol. The fourth-order valence-corrected chi connectivity index (χ4v) is 8.97. The van der Waals surface area contributed by atoms with E-state index in [9.17, 15) is 19.2 Å². The Kier molecular flexibility index (Phi) is 11.0. The molecule has 0 radical (unpaired) electrons. The number of imidazole rings is 2. The molecule has 8 rings (SSSR count). The zero-order valence-electron chi connectivity index (χ0n) is 34.5. The number of ether oxygens (including phenoxy) is 3. The van der Waals surface area contributed by atoms with Gasteiger partial charge in [-0.25, -0.2) is 19.6 Å².